The summed E-state index contributed by atoms with van der Waals surface area (Å²) in [4.78, 5) is 7.20. The molecule has 3 heterocycles. The SMILES string of the molecule is c1ccc(-c2nc3cc4c(cc3o2)oc2ccc(-c3ccc(N(c5ccc6c(c5)sc5ccccc56)c5ccccc5-c5ccccc5)cc3)cc24)cc1. The minimum absolute atomic E-state index is 0.604. The number of anilines is 3. The van der Waals surface area contributed by atoms with Gasteiger partial charge in [0.2, 0.25) is 5.89 Å². The fourth-order valence-corrected chi connectivity index (χ4v) is 8.84. The molecule has 5 heteroatoms. The molecule has 0 saturated carbocycles. The second-order valence-electron chi connectivity index (χ2n) is 13.6. The van der Waals surface area contributed by atoms with Crippen LogP contribution in [-0.2, 0) is 0 Å². The van der Waals surface area contributed by atoms with Gasteiger partial charge in [-0.2, -0.15) is 0 Å². The summed E-state index contributed by atoms with van der Waals surface area (Å²) < 4.78 is 15.0. The number of nitrogens with zero attached hydrogens (tertiary/aromatic N) is 2. The van der Waals surface area contributed by atoms with E-state index in [9.17, 15) is 0 Å². The summed E-state index contributed by atoms with van der Waals surface area (Å²) in [5.74, 6) is 0.604. The van der Waals surface area contributed by atoms with Crippen molar-refractivity contribution in [2.75, 3.05) is 4.90 Å². The molecular formula is C49H30N2O2S. The molecule has 8 aromatic carbocycles. The van der Waals surface area contributed by atoms with Crippen LogP contribution in [0.3, 0.4) is 0 Å². The maximum atomic E-state index is 6.32. The van der Waals surface area contributed by atoms with E-state index in [1.807, 2.05) is 47.7 Å². The number of aromatic nitrogens is 1. The molecule has 0 N–H and O–H groups in total. The Hall–Kier alpha value is -6.95. The highest BCUT2D eigenvalue weighted by Gasteiger charge is 2.19. The molecule has 0 bridgehead atoms. The molecule has 0 saturated heterocycles. The van der Waals surface area contributed by atoms with Crippen molar-refractivity contribution < 1.29 is 8.83 Å². The van der Waals surface area contributed by atoms with Gasteiger partial charge in [0.05, 0.1) is 5.69 Å². The zero-order chi connectivity index (χ0) is 35.6. The third-order valence-corrected chi connectivity index (χ3v) is 11.4. The van der Waals surface area contributed by atoms with E-state index >= 15 is 0 Å². The van der Waals surface area contributed by atoms with Crippen LogP contribution in [-0.4, -0.2) is 4.98 Å². The van der Waals surface area contributed by atoms with Gasteiger partial charge >= 0.3 is 0 Å². The Morgan fingerprint density at radius 3 is 1.94 bits per heavy atom. The van der Waals surface area contributed by atoms with Crippen molar-refractivity contribution in [3.8, 4) is 33.7 Å². The van der Waals surface area contributed by atoms with Crippen molar-refractivity contribution in [2.24, 2.45) is 0 Å². The first-order chi connectivity index (χ1) is 26.7. The number of fused-ring (bicyclic) bond motifs is 7. The summed E-state index contributed by atoms with van der Waals surface area (Å²) in [6, 6.07) is 64.2. The summed E-state index contributed by atoms with van der Waals surface area (Å²) in [6.07, 6.45) is 0. The lowest BCUT2D eigenvalue weighted by Gasteiger charge is -2.28. The molecule has 254 valence electrons. The lowest BCUT2D eigenvalue weighted by atomic mass is 10.00. The van der Waals surface area contributed by atoms with Crippen molar-refractivity contribution >= 4 is 81.6 Å². The fourth-order valence-electron chi connectivity index (χ4n) is 7.70. The van der Waals surface area contributed by atoms with Crippen LogP contribution in [0.25, 0.3) is 86.9 Å². The smallest absolute Gasteiger partial charge is 0.227 e. The molecule has 0 aliphatic heterocycles. The summed E-state index contributed by atoms with van der Waals surface area (Å²) >= 11 is 1.84. The molecule has 54 heavy (non-hydrogen) atoms. The van der Waals surface area contributed by atoms with Gasteiger partial charge < -0.3 is 13.7 Å². The standard InChI is InChI=1S/C49H30N2O2S/c1-3-11-32(12-4-1)37-15-7-9-17-43(37)51(36-24-25-39-38-16-8-10-18-47(38)54-48(39)28-36)35-22-19-31(20-23-35)34-21-26-44-40(27-34)41-29-42-46(30-45(41)52-44)53-49(50-42)33-13-5-2-6-14-33/h1-30H. The van der Waals surface area contributed by atoms with Crippen molar-refractivity contribution in [2.45, 2.75) is 0 Å². The number of hydrogen-bond acceptors (Lipinski definition) is 5. The van der Waals surface area contributed by atoms with E-state index in [0.717, 1.165) is 61.2 Å². The number of benzene rings is 8. The van der Waals surface area contributed by atoms with Gasteiger partial charge in [-0.15, -0.1) is 11.3 Å². The predicted octanol–water partition coefficient (Wildman–Crippen LogP) is 14.6. The largest absolute Gasteiger partial charge is 0.456 e. The topological polar surface area (TPSA) is 42.4 Å². The molecule has 11 aromatic rings. The van der Waals surface area contributed by atoms with Gasteiger partial charge in [0.25, 0.3) is 0 Å². The van der Waals surface area contributed by atoms with Crippen molar-refractivity contribution in [1.82, 2.24) is 4.98 Å². The van der Waals surface area contributed by atoms with E-state index in [0.29, 0.717) is 11.5 Å². The summed E-state index contributed by atoms with van der Waals surface area (Å²) in [5.41, 5.74) is 12.0. The maximum Gasteiger partial charge on any atom is 0.227 e. The van der Waals surface area contributed by atoms with Crippen LogP contribution in [0.15, 0.2) is 191 Å². The van der Waals surface area contributed by atoms with Gasteiger partial charge in [0, 0.05) is 59.5 Å². The van der Waals surface area contributed by atoms with Crippen LogP contribution in [0, 0.1) is 0 Å². The fraction of sp³-hybridized carbons (Fsp3) is 0. The van der Waals surface area contributed by atoms with Gasteiger partial charge in [0.1, 0.15) is 16.7 Å². The van der Waals surface area contributed by atoms with Crippen LogP contribution < -0.4 is 4.90 Å². The number of para-hydroxylation sites is 1. The van der Waals surface area contributed by atoms with Crippen LogP contribution in [0.1, 0.15) is 0 Å². The minimum atomic E-state index is 0.604. The Balaban J connectivity index is 1.01. The zero-order valence-corrected chi connectivity index (χ0v) is 29.8. The van der Waals surface area contributed by atoms with Crippen molar-refractivity contribution in [1.29, 1.82) is 0 Å². The van der Waals surface area contributed by atoms with E-state index in [4.69, 9.17) is 13.8 Å². The zero-order valence-electron chi connectivity index (χ0n) is 28.9. The number of hydrogen-bond donors (Lipinski definition) is 0. The molecule has 4 nitrogen and oxygen atoms in total. The first-order valence-corrected chi connectivity index (χ1v) is 18.8. The number of thiophene rings is 1. The third kappa shape index (κ3) is 5.09. The first-order valence-electron chi connectivity index (χ1n) is 18.0. The van der Waals surface area contributed by atoms with Gasteiger partial charge in [-0.1, -0.05) is 109 Å². The van der Waals surface area contributed by atoms with Gasteiger partial charge in [0.15, 0.2) is 5.58 Å². The first kappa shape index (κ1) is 30.7. The second kappa shape index (κ2) is 12.3. The molecule has 3 aromatic heterocycles. The Bertz CT molecular complexity index is 3160. The molecule has 0 amide bonds. The van der Waals surface area contributed by atoms with Crippen LogP contribution in [0.4, 0.5) is 17.1 Å². The monoisotopic (exact) mass is 710 g/mol. The summed E-state index contributed by atoms with van der Waals surface area (Å²) in [6.45, 7) is 0. The van der Waals surface area contributed by atoms with E-state index in [-0.39, 0.29) is 0 Å². The molecule has 0 atom stereocenters. The lowest BCUT2D eigenvalue weighted by molar-refractivity contribution is 0.617. The molecule has 0 fully saturated rings. The third-order valence-electron chi connectivity index (χ3n) is 10.3. The molecule has 0 radical (unpaired) electrons. The molecule has 0 aliphatic carbocycles. The van der Waals surface area contributed by atoms with Crippen molar-refractivity contribution in [3.63, 3.8) is 0 Å². The Morgan fingerprint density at radius 1 is 0.407 bits per heavy atom. The molecule has 0 spiro atoms. The highest BCUT2D eigenvalue weighted by molar-refractivity contribution is 7.25. The number of furan rings is 1. The molecule has 0 aliphatic rings. The van der Waals surface area contributed by atoms with E-state index < -0.39 is 0 Å². The quantitative estimate of drug-likeness (QED) is 0.172. The van der Waals surface area contributed by atoms with E-state index in [1.165, 1.54) is 31.3 Å². The van der Waals surface area contributed by atoms with Gasteiger partial charge in [-0.05, 0) is 83.4 Å². The van der Waals surface area contributed by atoms with Crippen LogP contribution >= 0.6 is 11.3 Å². The Kier molecular flexibility index (Phi) is 7.00. The number of oxazole rings is 1. The Labute approximate surface area is 314 Å². The van der Waals surface area contributed by atoms with Gasteiger partial charge in [-0.3, -0.25) is 0 Å². The highest BCUT2D eigenvalue weighted by atomic mass is 32.1. The summed E-state index contributed by atoms with van der Waals surface area (Å²) in [7, 11) is 0. The number of rotatable bonds is 6. The van der Waals surface area contributed by atoms with Crippen LogP contribution in [0.5, 0.6) is 0 Å². The van der Waals surface area contributed by atoms with Crippen LogP contribution in [0.2, 0.25) is 0 Å². The van der Waals surface area contributed by atoms with Gasteiger partial charge in [-0.25, -0.2) is 4.98 Å². The lowest BCUT2D eigenvalue weighted by Crippen LogP contribution is -2.11. The highest BCUT2D eigenvalue weighted by Crippen LogP contribution is 2.44. The normalized spacial score (nSPS) is 11.7. The Morgan fingerprint density at radius 2 is 1.09 bits per heavy atom. The van der Waals surface area contributed by atoms with E-state index in [2.05, 4.69) is 150 Å². The average Bonchev–Trinajstić information content (AvgIpc) is 3.93. The van der Waals surface area contributed by atoms with E-state index in [1.54, 1.807) is 0 Å². The second-order valence-corrected chi connectivity index (χ2v) is 14.6. The molecular weight excluding hydrogens is 681 g/mol. The molecule has 0 unspecified atom stereocenters. The molecule has 11 rings (SSSR count). The minimum Gasteiger partial charge on any atom is -0.456 e. The summed E-state index contributed by atoms with van der Waals surface area (Å²) in [5, 5.41) is 4.65. The van der Waals surface area contributed by atoms with Crippen molar-refractivity contribution in [3.05, 3.63) is 182 Å². The average molecular weight is 711 g/mol. The predicted molar refractivity (Wildman–Crippen MR) is 225 cm³/mol. The maximum absolute atomic E-state index is 6.32.